The predicted molar refractivity (Wildman–Crippen MR) is 78.3 cm³/mol. The molecule has 0 aliphatic rings. The van der Waals surface area contributed by atoms with Crippen LogP contribution in [0.5, 0.6) is 0 Å². The minimum absolute atomic E-state index is 0.169. The lowest BCUT2D eigenvalue weighted by molar-refractivity contribution is -0.151. The van der Waals surface area contributed by atoms with Gasteiger partial charge in [0.15, 0.2) is 0 Å². The molecule has 0 rings (SSSR count). The number of esters is 1. The van der Waals surface area contributed by atoms with Gasteiger partial charge in [0, 0.05) is 19.3 Å². The summed E-state index contributed by atoms with van der Waals surface area (Å²) in [5, 5.41) is 3.31. The summed E-state index contributed by atoms with van der Waals surface area (Å²) < 4.78 is 10.7. The zero-order valence-electron chi connectivity index (χ0n) is 13.3. The maximum Gasteiger partial charge on any atom is 0.326 e. The highest BCUT2D eigenvalue weighted by atomic mass is 16.5. The quantitative estimate of drug-likeness (QED) is 0.464. The number of rotatable bonds is 11. The van der Waals surface area contributed by atoms with Gasteiger partial charge in [0.25, 0.3) is 0 Å². The Bertz CT molecular complexity index is 244. The van der Waals surface area contributed by atoms with Crippen LogP contribution < -0.4 is 5.32 Å². The van der Waals surface area contributed by atoms with Gasteiger partial charge in [-0.25, -0.2) is 0 Å². The summed E-state index contributed by atoms with van der Waals surface area (Å²) in [6, 6.07) is 0.246. The second kappa shape index (κ2) is 10.2. The molecule has 0 spiro atoms. The van der Waals surface area contributed by atoms with Crippen LogP contribution in [0.2, 0.25) is 0 Å². The molecule has 0 fully saturated rings. The third-order valence-electron chi connectivity index (χ3n) is 2.94. The van der Waals surface area contributed by atoms with Crippen LogP contribution in [0, 0.1) is 0 Å². The van der Waals surface area contributed by atoms with E-state index >= 15 is 0 Å². The zero-order valence-corrected chi connectivity index (χ0v) is 13.3. The van der Waals surface area contributed by atoms with Crippen LogP contribution in [-0.4, -0.2) is 37.4 Å². The van der Waals surface area contributed by atoms with Crippen molar-refractivity contribution in [2.24, 2.45) is 0 Å². The Labute approximate surface area is 118 Å². The van der Waals surface area contributed by atoms with E-state index in [1.165, 1.54) is 0 Å². The Morgan fingerprint density at radius 1 is 1.21 bits per heavy atom. The van der Waals surface area contributed by atoms with Crippen molar-refractivity contribution in [3.05, 3.63) is 0 Å². The van der Waals surface area contributed by atoms with Crippen molar-refractivity contribution in [1.29, 1.82) is 0 Å². The molecular weight excluding hydrogens is 242 g/mol. The standard InChI is InChI=1S/C15H31NO3/c1-6-8-11-18-12-9-10-15(5,16-13(3)4)14(17)19-7-2/h13,16H,6-12H2,1-5H3. The van der Waals surface area contributed by atoms with Crippen molar-refractivity contribution < 1.29 is 14.3 Å². The lowest BCUT2D eigenvalue weighted by Gasteiger charge is -2.30. The molecule has 0 aromatic heterocycles. The maximum absolute atomic E-state index is 12.0. The first-order chi connectivity index (χ1) is 8.96. The maximum atomic E-state index is 12.0. The Kier molecular flexibility index (Phi) is 9.88. The zero-order chi connectivity index (χ0) is 14.7. The van der Waals surface area contributed by atoms with Gasteiger partial charge < -0.3 is 9.47 Å². The van der Waals surface area contributed by atoms with Gasteiger partial charge in [0.2, 0.25) is 0 Å². The average Bonchev–Trinajstić information content (AvgIpc) is 2.33. The highest BCUT2D eigenvalue weighted by Gasteiger charge is 2.34. The summed E-state index contributed by atoms with van der Waals surface area (Å²) >= 11 is 0. The van der Waals surface area contributed by atoms with E-state index in [1.54, 1.807) is 0 Å². The van der Waals surface area contributed by atoms with E-state index in [2.05, 4.69) is 12.2 Å². The van der Waals surface area contributed by atoms with Gasteiger partial charge in [-0.1, -0.05) is 13.3 Å². The van der Waals surface area contributed by atoms with Crippen molar-refractivity contribution in [3.8, 4) is 0 Å². The van der Waals surface area contributed by atoms with E-state index in [0.717, 1.165) is 32.3 Å². The number of carbonyl (C=O) groups is 1. The summed E-state index contributed by atoms with van der Waals surface area (Å²) in [7, 11) is 0. The van der Waals surface area contributed by atoms with Gasteiger partial charge in [-0.05, 0) is 47.0 Å². The molecule has 1 atom stereocenters. The normalized spacial score (nSPS) is 14.4. The molecule has 0 aromatic rings. The largest absolute Gasteiger partial charge is 0.465 e. The molecule has 0 heterocycles. The van der Waals surface area contributed by atoms with Gasteiger partial charge in [0.1, 0.15) is 5.54 Å². The van der Waals surface area contributed by atoms with Gasteiger partial charge in [-0.3, -0.25) is 10.1 Å². The number of ether oxygens (including phenoxy) is 2. The molecule has 114 valence electrons. The first-order valence-corrected chi connectivity index (χ1v) is 7.49. The fourth-order valence-corrected chi connectivity index (χ4v) is 2.04. The minimum atomic E-state index is -0.613. The molecule has 0 saturated heterocycles. The third kappa shape index (κ3) is 8.22. The minimum Gasteiger partial charge on any atom is -0.465 e. The molecule has 0 aromatic carbocycles. The first kappa shape index (κ1) is 18.4. The lowest BCUT2D eigenvalue weighted by atomic mass is 9.95. The molecule has 0 aliphatic carbocycles. The molecule has 1 N–H and O–H groups in total. The van der Waals surface area contributed by atoms with Gasteiger partial charge in [-0.2, -0.15) is 0 Å². The highest BCUT2D eigenvalue weighted by molar-refractivity contribution is 5.80. The van der Waals surface area contributed by atoms with Crippen LogP contribution in [0.1, 0.15) is 60.3 Å². The van der Waals surface area contributed by atoms with Crippen molar-refractivity contribution in [1.82, 2.24) is 5.32 Å². The number of hydrogen-bond donors (Lipinski definition) is 1. The molecule has 4 heteroatoms. The van der Waals surface area contributed by atoms with Gasteiger partial charge >= 0.3 is 5.97 Å². The molecular formula is C15H31NO3. The van der Waals surface area contributed by atoms with Crippen molar-refractivity contribution in [2.75, 3.05) is 19.8 Å². The molecule has 0 aliphatic heterocycles. The fourth-order valence-electron chi connectivity index (χ4n) is 2.04. The van der Waals surface area contributed by atoms with E-state index in [-0.39, 0.29) is 12.0 Å². The van der Waals surface area contributed by atoms with Crippen molar-refractivity contribution in [3.63, 3.8) is 0 Å². The Morgan fingerprint density at radius 2 is 1.84 bits per heavy atom. The Hall–Kier alpha value is -0.610. The number of unbranched alkanes of at least 4 members (excludes halogenated alkanes) is 1. The fraction of sp³-hybridized carbons (Fsp3) is 0.933. The highest BCUT2D eigenvalue weighted by Crippen LogP contribution is 2.16. The SMILES string of the molecule is CCCCOCCCC(C)(NC(C)C)C(=O)OCC. The molecule has 0 saturated carbocycles. The van der Waals surface area contributed by atoms with Crippen molar-refractivity contribution >= 4 is 5.97 Å². The smallest absolute Gasteiger partial charge is 0.326 e. The summed E-state index contributed by atoms with van der Waals surface area (Å²) in [6.07, 6.45) is 3.84. The Morgan fingerprint density at radius 3 is 2.37 bits per heavy atom. The van der Waals surface area contributed by atoms with E-state index in [4.69, 9.17) is 9.47 Å². The summed E-state index contributed by atoms with van der Waals surface area (Å²) in [6.45, 7) is 11.9. The summed E-state index contributed by atoms with van der Waals surface area (Å²) in [5.41, 5.74) is -0.613. The van der Waals surface area contributed by atoms with Crippen LogP contribution in [0.25, 0.3) is 0 Å². The van der Waals surface area contributed by atoms with Crippen LogP contribution in [0.4, 0.5) is 0 Å². The predicted octanol–water partition coefficient (Wildman–Crippen LogP) is 2.90. The van der Waals surface area contributed by atoms with Crippen LogP contribution in [0.3, 0.4) is 0 Å². The molecule has 1 unspecified atom stereocenters. The van der Waals surface area contributed by atoms with Crippen LogP contribution in [-0.2, 0) is 14.3 Å². The molecule has 19 heavy (non-hydrogen) atoms. The number of hydrogen-bond acceptors (Lipinski definition) is 4. The van der Waals surface area contributed by atoms with E-state index < -0.39 is 5.54 Å². The van der Waals surface area contributed by atoms with Gasteiger partial charge in [-0.15, -0.1) is 0 Å². The molecule has 4 nitrogen and oxygen atoms in total. The van der Waals surface area contributed by atoms with E-state index in [0.29, 0.717) is 13.2 Å². The average molecular weight is 273 g/mol. The molecule has 0 bridgehead atoms. The van der Waals surface area contributed by atoms with Gasteiger partial charge in [0.05, 0.1) is 6.61 Å². The van der Waals surface area contributed by atoms with Crippen LogP contribution in [0.15, 0.2) is 0 Å². The monoisotopic (exact) mass is 273 g/mol. The number of carbonyl (C=O) groups excluding carboxylic acids is 1. The van der Waals surface area contributed by atoms with E-state index in [1.807, 2.05) is 27.7 Å². The third-order valence-corrected chi connectivity index (χ3v) is 2.94. The van der Waals surface area contributed by atoms with Crippen molar-refractivity contribution in [2.45, 2.75) is 71.9 Å². The lowest BCUT2D eigenvalue weighted by Crippen LogP contribution is -2.53. The molecule has 0 amide bonds. The summed E-state index contributed by atoms with van der Waals surface area (Å²) in [4.78, 5) is 12.0. The number of nitrogens with one attached hydrogen (secondary N) is 1. The first-order valence-electron chi connectivity index (χ1n) is 7.49. The summed E-state index contributed by atoms with van der Waals surface area (Å²) in [5.74, 6) is -0.169. The second-order valence-corrected chi connectivity index (χ2v) is 5.42. The topological polar surface area (TPSA) is 47.6 Å². The van der Waals surface area contributed by atoms with Crippen LogP contribution >= 0.6 is 0 Å². The second-order valence-electron chi connectivity index (χ2n) is 5.42. The van der Waals surface area contributed by atoms with E-state index in [9.17, 15) is 4.79 Å². The Balaban J connectivity index is 4.16. The molecule has 0 radical (unpaired) electrons.